The van der Waals surface area contributed by atoms with E-state index in [0.29, 0.717) is 13.0 Å². The largest absolute Gasteiger partial charge is 0.493 e. The summed E-state index contributed by atoms with van der Waals surface area (Å²) in [6.07, 6.45) is 2.05. The molecule has 2 aromatic carbocycles. The molecule has 1 atom stereocenters. The van der Waals surface area contributed by atoms with Gasteiger partial charge in [-0.05, 0) is 37.8 Å². The number of ether oxygens (including phenoxy) is 1. The molecule has 1 N–H and O–H groups in total. The van der Waals surface area contributed by atoms with Crippen molar-refractivity contribution in [1.29, 1.82) is 0 Å². The summed E-state index contributed by atoms with van der Waals surface area (Å²) in [5, 5.41) is 10.4. The second-order valence-corrected chi connectivity index (χ2v) is 5.43. The van der Waals surface area contributed by atoms with Crippen molar-refractivity contribution in [3.05, 3.63) is 65.2 Å². The van der Waals surface area contributed by atoms with Crippen molar-refractivity contribution in [2.24, 2.45) is 0 Å². The molecule has 0 aliphatic heterocycles. The minimum atomic E-state index is -0.487. The Morgan fingerprint density at radius 2 is 1.76 bits per heavy atom. The van der Waals surface area contributed by atoms with Gasteiger partial charge in [0, 0.05) is 5.56 Å². The molecule has 0 aliphatic rings. The highest BCUT2D eigenvalue weighted by molar-refractivity contribution is 5.35. The van der Waals surface area contributed by atoms with E-state index >= 15 is 0 Å². The predicted molar refractivity (Wildman–Crippen MR) is 86.7 cm³/mol. The third-order valence-electron chi connectivity index (χ3n) is 3.57. The van der Waals surface area contributed by atoms with E-state index in [1.54, 1.807) is 0 Å². The highest BCUT2D eigenvalue weighted by Gasteiger charge is 2.13. The maximum absolute atomic E-state index is 10.4. The molecule has 0 bridgehead atoms. The van der Waals surface area contributed by atoms with Gasteiger partial charge in [-0.2, -0.15) is 0 Å². The van der Waals surface area contributed by atoms with Gasteiger partial charge in [0.1, 0.15) is 5.75 Å². The van der Waals surface area contributed by atoms with E-state index in [-0.39, 0.29) is 0 Å². The van der Waals surface area contributed by atoms with Gasteiger partial charge in [-0.25, -0.2) is 0 Å². The molecule has 112 valence electrons. The maximum Gasteiger partial charge on any atom is 0.125 e. The fraction of sp³-hybridized carbons (Fsp3) is 0.368. The van der Waals surface area contributed by atoms with Crippen LogP contribution >= 0.6 is 0 Å². The van der Waals surface area contributed by atoms with Crippen molar-refractivity contribution in [1.82, 2.24) is 0 Å². The van der Waals surface area contributed by atoms with Gasteiger partial charge in [0.25, 0.3) is 0 Å². The molecule has 2 rings (SSSR count). The number of aliphatic hydroxyl groups is 1. The average Bonchev–Trinajstić information content (AvgIpc) is 2.52. The Bertz CT molecular complexity index is 546. The van der Waals surface area contributed by atoms with Crippen LogP contribution in [-0.2, 0) is 6.42 Å². The Morgan fingerprint density at radius 1 is 1.05 bits per heavy atom. The number of hydrogen-bond acceptors (Lipinski definition) is 2. The molecule has 0 spiro atoms. The predicted octanol–water partition coefficient (Wildman–Crippen LogP) is 4.45. The van der Waals surface area contributed by atoms with Crippen LogP contribution in [-0.4, -0.2) is 11.7 Å². The molecule has 2 heteroatoms. The number of aliphatic hydroxyl groups excluding tert-OH is 1. The van der Waals surface area contributed by atoms with E-state index < -0.39 is 6.10 Å². The molecule has 0 aromatic heterocycles. The summed E-state index contributed by atoms with van der Waals surface area (Å²) in [6.45, 7) is 4.85. The average molecular weight is 284 g/mol. The van der Waals surface area contributed by atoms with Gasteiger partial charge in [-0.1, -0.05) is 55.0 Å². The Hall–Kier alpha value is -1.80. The Kier molecular flexibility index (Phi) is 5.82. The summed E-state index contributed by atoms with van der Waals surface area (Å²) in [5.74, 6) is 0.802. The second kappa shape index (κ2) is 7.84. The Morgan fingerprint density at radius 3 is 2.48 bits per heavy atom. The highest BCUT2D eigenvalue weighted by atomic mass is 16.5. The molecule has 0 fully saturated rings. The van der Waals surface area contributed by atoms with Crippen LogP contribution < -0.4 is 4.74 Å². The highest BCUT2D eigenvalue weighted by Crippen LogP contribution is 2.28. The maximum atomic E-state index is 10.4. The zero-order chi connectivity index (χ0) is 15.1. The lowest BCUT2D eigenvalue weighted by Crippen LogP contribution is -2.04. The van der Waals surface area contributed by atoms with Crippen molar-refractivity contribution in [2.45, 2.75) is 39.2 Å². The molecule has 0 aliphatic carbocycles. The van der Waals surface area contributed by atoms with E-state index in [2.05, 4.69) is 38.1 Å². The van der Waals surface area contributed by atoms with Gasteiger partial charge in [0.05, 0.1) is 12.7 Å². The zero-order valence-electron chi connectivity index (χ0n) is 12.9. The second-order valence-electron chi connectivity index (χ2n) is 5.43. The Balaban J connectivity index is 1.99. The lowest BCUT2D eigenvalue weighted by molar-refractivity contribution is 0.161. The summed E-state index contributed by atoms with van der Waals surface area (Å²) in [4.78, 5) is 0. The minimum Gasteiger partial charge on any atom is -0.493 e. The summed E-state index contributed by atoms with van der Waals surface area (Å²) in [6, 6.07) is 16.2. The molecular formula is C19H24O2. The standard InChI is InChI=1S/C19H24O2/c1-3-14-21-19-7-5-4-6-17(19)18(20)13-12-16-10-8-15(2)9-11-16/h4-11,18,20H,3,12-14H2,1-2H3. The molecule has 0 saturated carbocycles. The third kappa shape index (κ3) is 4.61. The molecule has 2 aromatic rings. The molecule has 0 saturated heterocycles. The molecule has 2 nitrogen and oxygen atoms in total. The third-order valence-corrected chi connectivity index (χ3v) is 3.57. The van der Waals surface area contributed by atoms with E-state index in [0.717, 1.165) is 24.2 Å². The summed E-state index contributed by atoms with van der Waals surface area (Å²) in [7, 11) is 0. The van der Waals surface area contributed by atoms with Gasteiger partial charge in [0.15, 0.2) is 0 Å². The van der Waals surface area contributed by atoms with Gasteiger partial charge in [0.2, 0.25) is 0 Å². The van der Waals surface area contributed by atoms with Crippen LogP contribution in [0.5, 0.6) is 5.75 Å². The first-order valence-electron chi connectivity index (χ1n) is 7.66. The monoisotopic (exact) mass is 284 g/mol. The van der Waals surface area contributed by atoms with Gasteiger partial charge >= 0.3 is 0 Å². The Labute approximate surface area is 127 Å². The number of para-hydroxylation sites is 1. The molecule has 21 heavy (non-hydrogen) atoms. The van der Waals surface area contributed by atoms with Gasteiger partial charge in [-0.15, -0.1) is 0 Å². The smallest absolute Gasteiger partial charge is 0.125 e. The number of rotatable bonds is 7. The van der Waals surface area contributed by atoms with Crippen molar-refractivity contribution in [2.75, 3.05) is 6.61 Å². The normalized spacial score (nSPS) is 12.1. The zero-order valence-corrected chi connectivity index (χ0v) is 12.9. The van der Waals surface area contributed by atoms with Crippen LogP contribution in [0, 0.1) is 6.92 Å². The van der Waals surface area contributed by atoms with Crippen LogP contribution in [0.4, 0.5) is 0 Å². The molecule has 0 heterocycles. The van der Waals surface area contributed by atoms with E-state index in [1.165, 1.54) is 11.1 Å². The summed E-state index contributed by atoms with van der Waals surface area (Å²) >= 11 is 0. The van der Waals surface area contributed by atoms with Gasteiger partial charge < -0.3 is 9.84 Å². The van der Waals surface area contributed by atoms with Crippen molar-refractivity contribution < 1.29 is 9.84 Å². The number of benzene rings is 2. The SMILES string of the molecule is CCCOc1ccccc1C(O)CCc1ccc(C)cc1. The fourth-order valence-electron chi connectivity index (χ4n) is 2.31. The van der Waals surface area contributed by atoms with Crippen LogP contribution in [0.1, 0.15) is 42.6 Å². The first-order chi connectivity index (χ1) is 10.2. The van der Waals surface area contributed by atoms with Crippen molar-refractivity contribution in [3.8, 4) is 5.75 Å². The van der Waals surface area contributed by atoms with Crippen molar-refractivity contribution in [3.63, 3.8) is 0 Å². The van der Waals surface area contributed by atoms with E-state index in [1.807, 2.05) is 24.3 Å². The van der Waals surface area contributed by atoms with Crippen LogP contribution in [0.15, 0.2) is 48.5 Å². The summed E-state index contributed by atoms with van der Waals surface area (Å²) in [5.41, 5.74) is 3.40. The number of hydrogen-bond donors (Lipinski definition) is 1. The molecule has 0 amide bonds. The lowest BCUT2D eigenvalue weighted by Gasteiger charge is -2.16. The minimum absolute atomic E-state index is 0.487. The van der Waals surface area contributed by atoms with E-state index in [4.69, 9.17) is 4.74 Å². The lowest BCUT2D eigenvalue weighted by atomic mass is 10.00. The quantitative estimate of drug-likeness (QED) is 0.814. The van der Waals surface area contributed by atoms with Gasteiger partial charge in [-0.3, -0.25) is 0 Å². The number of aryl methyl sites for hydroxylation is 2. The fourth-order valence-corrected chi connectivity index (χ4v) is 2.31. The van der Waals surface area contributed by atoms with Crippen LogP contribution in [0.2, 0.25) is 0 Å². The first kappa shape index (κ1) is 15.6. The van der Waals surface area contributed by atoms with Crippen molar-refractivity contribution >= 4 is 0 Å². The van der Waals surface area contributed by atoms with E-state index in [9.17, 15) is 5.11 Å². The molecular weight excluding hydrogens is 260 g/mol. The summed E-state index contributed by atoms with van der Waals surface area (Å²) < 4.78 is 5.72. The first-order valence-corrected chi connectivity index (χ1v) is 7.66. The van der Waals surface area contributed by atoms with Crippen LogP contribution in [0.25, 0.3) is 0 Å². The molecule has 1 unspecified atom stereocenters. The molecule has 0 radical (unpaired) electrons. The topological polar surface area (TPSA) is 29.5 Å². The van der Waals surface area contributed by atoms with Crippen LogP contribution in [0.3, 0.4) is 0 Å².